The van der Waals surface area contributed by atoms with E-state index in [0.717, 1.165) is 16.5 Å². The van der Waals surface area contributed by atoms with Crippen molar-refractivity contribution >= 4 is 16.9 Å². The van der Waals surface area contributed by atoms with Gasteiger partial charge in [-0.15, -0.1) is 0 Å². The molecule has 3 nitrogen and oxygen atoms in total. The first kappa shape index (κ1) is 8.81. The number of fused-ring (bicyclic) bond motifs is 1. The smallest absolute Gasteiger partial charge is 0.337 e. The minimum absolute atomic E-state index is 0.341. The largest absolute Gasteiger partial charge is 0.478 e. The second kappa shape index (κ2) is 2.87. The average Bonchev–Trinajstić information content (AvgIpc) is 2.59. The first-order valence-corrected chi connectivity index (χ1v) is 4.42. The quantitative estimate of drug-likeness (QED) is 0.724. The van der Waals surface area contributed by atoms with Gasteiger partial charge in [0.2, 0.25) is 0 Å². The van der Waals surface area contributed by atoms with Crippen LogP contribution in [0.4, 0.5) is 0 Å². The fourth-order valence-electron chi connectivity index (χ4n) is 1.68. The summed E-state index contributed by atoms with van der Waals surface area (Å²) in [5.74, 6) is -0.888. The Morgan fingerprint density at radius 2 is 2.14 bits per heavy atom. The minimum atomic E-state index is -0.888. The van der Waals surface area contributed by atoms with Crippen LogP contribution in [0, 0.1) is 13.8 Å². The number of carboxylic acids is 1. The van der Waals surface area contributed by atoms with Crippen LogP contribution in [0.5, 0.6) is 0 Å². The van der Waals surface area contributed by atoms with Crippen molar-refractivity contribution < 1.29 is 9.90 Å². The van der Waals surface area contributed by atoms with Crippen molar-refractivity contribution in [3.8, 4) is 0 Å². The molecule has 0 aliphatic rings. The zero-order chi connectivity index (χ0) is 10.3. The summed E-state index contributed by atoms with van der Waals surface area (Å²) in [5.41, 5.74) is 3.19. The van der Waals surface area contributed by atoms with Gasteiger partial charge in [0.25, 0.3) is 0 Å². The van der Waals surface area contributed by atoms with Crippen LogP contribution in [0.2, 0.25) is 0 Å². The van der Waals surface area contributed by atoms with Crippen LogP contribution in [0.25, 0.3) is 10.9 Å². The molecule has 0 radical (unpaired) electrons. The second-order valence-corrected chi connectivity index (χ2v) is 3.44. The van der Waals surface area contributed by atoms with Gasteiger partial charge in [-0.05, 0) is 37.1 Å². The van der Waals surface area contributed by atoms with E-state index >= 15 is 0 Å². The van der Waals surface area contributed by atoms with Crippen molar-refractivity contribution in [2.24, 2.45) is 0 Å². The van der Waals surface area contributed by atoms with Crippen molar-refractivity contribution in [3.05, 3.63) is 35.0 Å². The molecule has 2 N–H and O–H groups in total. The van der Waals surface area contributed by atoms with Gasteiger partial charge in [-0.1, -0.05) is 0 Å². The number of hydrogen-bond acceptors (Lipinski definition) is 1. The standard InChI is InChI=1S/C11H11NO2/c1-6-5-9(11(13)14)10-8(7(6)2)3-4-12-10/h3-5,12H,1-2H3,(H,13,14). The van der Waals surface area contributed by atoms with E-state index in [2.05, 4.69) is 4.98 Å². The molecule has 1 aromatic heterocycles. The maximum Gasteiger partial charge on any atom is 0.337 e. The van der Waals surface area contributed by atoms with E-state index < -0.39 is 5.97 Å². The lowest BCUT2D eigenvalue weighted by atomic mass is 10.0. The molecule has 0 amide bonds. The first-order valence-electron chi connectivity index (χ1n) is 4.42. The molecule has 14 heavy (non-hydrogen) atoms. The number of nitrogens with one attached hydrogen (secondary N) is 1. The van der Waals surface area contributed by atoms with E-state index in [1.807, 2.05) is 19.9 Å². The van der Waals surface area contributed by atoms with Crippen molar-refractivity contribution in [2.75, 3.05) is 0 Å². The van der Waals surface area contributed by atoms with Crippen molar-refractivity contribution in [2.45, 2.75) is 13.8 Å². The summed E-state index contributed by atoms with van der Waals surface area (Å²) in [6.45, 7) is 3.92. The van der Waals surface area contributed by atoms with Gasteiger partial charge in [-0.2, -0.15) is 0 Å². The number of benzene rings is 1. The molecule has 0 saturated carbocycles. The normalized spacial score (nSPS) is 10.7. The maximum atomic E-state index is 11.0. The number of H-pyrrole nitrogens is 1. The van der Waals surface area contributed by atoms with Crippen molar-refractivity contribution in [3.63, 3.8) is 0 Å². The number of aromatic nitrogens is 1. The Labute approximate surface area is 81.4 Å². The van der Waals surface area contributed by atoms with Gasteiger partial charge in [0.1, 0.15) is 0 Å². The third kappa shape index (κ3) is 1.09. The van der Waals surface area contributed by atoms with E-state index in [9.17, 15) is 4.79 Å². The van der Waals surface area contributed by atoms with Gasteiger partial charge in [-0.3, -0.25) is 0 Å². The number of aromatic carboxylic acids is 1. The number of hydrogen-bond donors (Lipinski definition) is 2. The molecule has 0 bridgehead atoms. The number of aryl methyl sites for hydroxylation is 2. The van der Waals surface area contributed by atoms with E-state index in [4.69, 9.17) is 5.11 Å². The molecule has 3 heteroatoms. The van der Waals surface area contributed by atoms with Crippen molar-refractivity contribution in [1.82, 2.24) is 4.98 Å². The molecule has 1 heterocycles. The maximum absolute atomic E-state index is 11.0. The van der Waals surface area contributed by atoms with Gasteiger partial charge < -0.3 is 10.1 Å². The van der Waals surface area contributed by atoms with Gasteiger partial charge in [0.15, 0.2) is 0 Å². The summed E-state index contributed by atoms with van der Waals surface area (Å²) in [6, 6.07) is 3.61. The number of carbonyl (C=O) groups is 1. The highest BCUT2D eigenvalue weighted by Gasteiger charge is 2.12. The molecule has 2 aromatic rings. The van der Waals surface area contributed by atoms with Crippen LogP contribution >= 0.6 is 0 Å². The Hall–Kier alpha value is -1.77. The van der Waals surface area contributed by atoms with Gasteiger partial charge in [0.05, 0.1) is 11.1 Å². The van der Waals surface area contributed by atoms with Crippen LogP contribution in [0.1, 0.15) is 21.5 Å². The van der Waals surface area contributed by atoms with Crippen LogP contribution in [-0.2, 0) is 0 Å². The third-order valence-corrected chi connectivity index (χ3v) is 2.60. The summed E-state index contributed by atoms with van der Waals surface area (Å²) < 4.78 is 0. The molecule has 0 fully saturated rings. The summed E-state index contributed by atoms with van der Waals surface area (Å²) in [7, 11) is 0. The second-order valence-electron chi connectivity index (χ2n) is 3.44. The molecular formula is C11H11NO2. The summed E-state index contributed by atoms with van der Waals surface area (Å²) in [4.78, 5) is 13.9. The fraction of sp³-hybridized carbons (Fsp3) is 0.182. The Balaban J connectivity index is 2.91. The Bertz CT molecular complexity index is 511. The lowest BCUT2D eigenvalue weighted by Crippen LogP contribution is -1.99. The van der Waals surface area contributed by atoms with E-state index in [1.54, 1.807) is 12.3 Å². The monoisotopic (exact) mass is 189 g/mol. The van der Waals surface area contributed by atoms with Gasteiger partial charge in [0, 0.05) is 11.6 Å². The Morgan fingerprint density at radius 3 is 2.79 bits per heavy atom. The molecule has 0 atom stereocenters. The molecule has 1 aromatic carbocycles. The van der Waals surface area contributed by atoms with Crippen LogP contribution in [0.15, 0.2) is 18.3 Å². The summed E-state index contributed by atoms with van der Waals surface area (Å²) >= 11 is 0. The summed E-state index contributed by atoms with van der Waals surface area (Å²) in [5, 5.41) is 9.98. The van der Waals surface area contributed by atoms with Gasteiger partial charge in [-0.25, -0.2) is 4.79 Å². The predicted molar refractivity (Wildman–Crippen MR) is 54.7 cm³/mol. The van der Waals surface area contributed by atoms with Crippen molar-refractivity contribution in [1.29, 1.82) is 0 Å². The van der Waals surface area contributed by atoms with Crippen LogP contribution in [-0.4, -0.2) is 16.1 Å². The molecule has 0 aliphatic carbocycles. The van der Waals surface area contributed by atoms with E-state index in [0.29, 0.717) is 11.1 Å². The predicted octanol–water partition coefficient (Wildman–Crippen LogP) is 2.48. The zero-order valence-electron chi connectivity index (χ0n) is 8.09. The number of carboxylic acid groups (broad SMARTS) is 1. The number of rotatable bonds is 1. The average molecular weight is 189 g/mol. The molecule has 0 saturated heterocycles. The first-order chi connectivity index (χ1) is 6.61. The Morgan fingerprint density at radius 1 is 1.43 bits per heavy atom. The summed E-state index contributed by atoms with van der Waals surface area (Å²) in [6.07, 6.45) is 1.77. The van der Waals surface area contributed by atoms with Crippen LogP contribution in [0.3, 0.4) is 0 Å². The zero-order valence-corrected chi connectivity index (χ0v) is 8.09. The minimum Gasteiger partial charge on any atom is -0.478 e. The van der Waals surface area contributed by atoms with E-state index in [1.165, 1.54) is 0 Å². The lowest BCUT2D eigenvalue weighted by molar-refractivity contribution is 0.0699. The highest BCUT2D eigenvalue weighted by atomic mass is 16.4. The van der Waals surface area contributed by atoms with Crippen LogP contribution < -0.4 is 0 Å². The van der Waals surface area contributed by atoms with Gasteiger partial charge >= 0.3 is 5.97 Å². The molecule has 0 unspecified atom stereocenters. The molecular weight excluding hydrogens is 178 g/mol. The molecule has 0 aliphatic heterocycles. The SMILES string of the molecule is Cc1cc(C(=O)O)c2[nH]ccc2c1C. The Kier molecular flexibility index (Phi) is 1.81. The molecule has 0 spiro atoms. The number of aromatic amines is 1. The fourth-order valence-corrected chi connectivity index (χ4v) is 1.68. The molecule has 2 rings (SSSR count). The molecule has 72 valence electrons. The highest BCUT2D eigenvalue weighted by Crippen LogP contribution is 2.24. The van der Waals surface area contributed by atoms with E-state index in [-0.39, 0.29) is 0 Å². The highest BCUT2D eigenvalue weighted by molar-refractivity contribution is 6.03. The lowest BCUT2D eigenvalue weighted by Gasteiger charge is -2.04. The topological polar surface area (TPSA) is 53.1 Å². The third-order valence-electron chi connectivity index (χ3n) is 2.60.